The number of carbonyl (C=O) groups is 1. The molecule has 0 fully saturated rings. The molecule has 4 nitrogen and oxygen atoms in total. The normalized spacial score (nSPS) is 9.79. The average molecular weight is 260 g/mol. The largest absolute Gasteiger partial charge is 0.506 e. The van der Waals surface area contributed by atoms with E-state index in [4.69, 9.17) is 5.11 Å². The molecular formula is C9H10BrNO3. The fraction of sp³-hybridized carbons (Fsp3) is 0.222. The molecule has 1 aromatic rings. The summed E-state index contributed by atoms with van der Waals surface area (Å²) in [4.78, 5) is 10.2. The van der Waals surface area contributed by atoms with Crippen molar-refractivity contribution in [2.45, 2.75) is 6.42 Å². The quantitative estimate of drug-likeness (QED) is 0.724. The molecule has 0 saturated carbocycles. The lowest BCUT2D eigenvalue weighted by molar-refractivity contribution is -0.136. The second kappa shape index (κ2) is 4.85. The maximum atomic E-state index is 10.2. The van der Waals surface area contributed by atoms with Gasteiger partial charge in [0.25, 0.3) is 0 Å². The van der Waals surface area contributed by atoms with Crippen LogP contribution in [-0.2, 0) is 4.79 Å². The van der Waals surface area contributed by atoms with Crippen LogP contribution in [0.5, 0.6) is 5.75 Å². The van der Waals surface area contributed by atoms with Crippen molar-refractivity contribution in [1.29, 1.82) is 0 Å². The Morgan fingerprint density at radius 2 is 2.21 bits per heavy atom. The van der Waals surface area contributed by atoms with Gasteiger partial charge in [-0.1, -0.05) is 15.9 Å². The highest BCUT2D eigenvalue weighted by atomic mass is 79.9. The van der Waals surface area contributed by atoms with Crippen molar-refractivity contribution in [1.82, 2.24) is 0 Å². The van der Waals surface area contributed by atoms with Gasteiger partial charge in [0, 0.05) is 11.0 Å². The number of anilines is 1. The van der Waals surface area contributed by atoms with Crippen LogP contribution in [0.1, 0.15) is 6.42 Å². The standard InChI is InChI=1S/C9H10BrNO3/c10-6-1-2-7(8(12)5-6)11-4-3-9(13)14/h1-2,5,11-12H,3-4H2,(H,13,14). The van der Waals surface area contributed by atoms with E-state index in [1.807, 2.05) is 0 Å². The highest BCUT2D eigenvalue weighted by Crippen LogP contribution is 2.26. The summed E-state index contributed by atoms with van der Waals surface area (Å²) in [6, 6.07) is 4.99. The monoisotopic (exact) mass is 259 g/mol. The fourth-order valence-corrected chi connectivity index (χ4v) is 1.31. The van der Waals surface area contributed by atoms with Gasteiger partial charge in [0.15, 0.2) is 0 Å². The summed E-state index contributed by atoms with van der Waals surface area (Å²) < 4.78 is 0.777. The van der Waals surface area contributed by atoms with E-state index in [1.54, 1.807) is 18.2 Å². The minimum atomic E-state index is -0.867. The van der Waals surface area contributed by atoms with Crippen molar-refractivity contribution in [2.75, 3.05) is 11.9 Å². The van der Waals surface area contributed by atoms with E-state index >= 15 is 0 Å². The number of nitrogens with one attached hydrogen (secondary N) is 1. The minimum Gasteiger partial charge on any atom is -0.506 e. The highest BCUT2D eigenvalue weighted by molar-refractivity contribution is 9.10. The number of carboxylic acids is 1. The van der Waals surface area contributed by atoms with Gasteiger partial charge < -0.3 is 15.5 Å². The van der Waals surface area contributed by atoms with Gasteiger partial charge >= 0.3 is 5.97 Å². The van der Waals surface area contributed by atoms with Crippen LogP contribution in [-0.4, -0.2) is 22.7 Å². The van der Waals surface area contributed by atoms with Crippen molar-refractivity contribution in [3.05, 3.63) is 22.7 Å². The van der Waals surface area contributed by atoms with Crippen molar-refractivity contribution in [2.24, 2.45) is 0 Å². The molecule has 0 bridgehead atoms. The van der Waals surface area contributed by atoms with E-state index in [-0.39, 0.29) is 12.2 Å². The summed E-state index contributed by atoms with van der Waals surface area (Å²) >= 11 is 3.21. The van der Waals surface area contributed by atoms with Gasteiger partial charge in [0.2, 0.25) is 0 Å². The van der Waals surface area contributed by atoms with Crippen molar-refractivity contribution < 1.29 is 15.0 Å². The minimum absolute atomic E-state index is 0.0233. The van der Waals surface area contributed by atoms with Crippen LogP contribution in [0, 0.1) is 0 Å². The number of aromatic hydroxyl groups is 1. The number of hydrogen-bond donors (Lipinski definition) is 3. The van der Waals surface area contributed by atoms with E-state index in [9.17, 15) is 9.90 Å². The lowest BCUT2D eigenvalue weighted by atomic mass is 10.3. The van der Waals surface area contributed by atoms with E-state index in [0.717, 1.165) is 4.47 Å². The number of benzene rings is 1. The third kappa shape index (κ3) is 3.26. The molecule has 0 radical (unpaired) electrons. The van der Waals surface area contributed by atoms with Gasteiger partial charge in [-0.15, -0.1) is 0 Å². The zero-order chi connectivity index (χ0) is 10.6. The molecule has 0 spiro atoms. The number of phenolic OH excluding ortho intramolecular Hbond substituents is 1. The number of phenols is 1. The van der Waals surface area contributed by atoms with E-state index in [0.29, 0.717) is 12.2 Å². The maximum Gasteiger partial charge on any atom is 0.305 e. The first-order valence-corrected chi connectivity index (χ1v) is 4.83. The van der Waals surface area contributed by atoms with Crippen molar-refractivity contribution >= 4 is 27.6 Å². The van der Waals surface area contributed by atoms with Gasteiger partial charge in [-0.25, -0.2) is 0 Å². The van der Waals surface area contributed by atoms with Gasteiger partial charge in [-0.2, -0.15) is 0 Å². The highest BCUT2D eigenvalue weighted by Gasteiger charge is 2.01. The molecule has 76 valence electrons. The van der Waals surface area contributed by atoms with Crippen LogP contribution in [0.3, 0.4) is 0 Å². The van der Waals surface area contributed by atoms with Gasteiger partial charge in [-0.3, -0.25) is 4.79 Å². The lowest BCUT2D eigenvalue weighted by Crippen LogP contribution is -2.07. The van der Waals surface area contributed by atoms with Crippen LogP contribution >= 0.6 is 15.9 Å². The summed E-state index contributed by atoms with van der Waals surface area (Å²) in [6.45, 7) is 0.296. The summed E-state index contributed by atoms with van der Waals surface area (Å²) in [6.07, 6.45) is 0.0233. The summed E-state index contributed by atoms with van der Waals surface area (Å²) in [5.74, 6) is -0.765. The molecule has 0 amide bonds. The van der Waals surface area contributed by atoms with Crippen LogP contribution in [0.25, 0.3) is 0 Å². The Hall–Kier alpha value is -1.23. The Kier molecular flexibility index (Phi) is 3.76. The van der Waals surface area contributed by atoms with Gasteiger partial charge in [0.05, 0.1) is 12.1 Å². The molecule has 0 atom stereocenters. The fourth-order valence-electron chi connectivity index (χ4n) is 0.958. The predicted molar refractivity (Wildman–Crippen MR) is 56.5 cm³/mol. The van der Waals surface area contributed by atoms with Crippen molar-refractivity contribution in [3.63, 3.8) is 0 Å². The predicted octanol–water partition coefficient (Wildman–Crippen LogP) is 2.04. The molecule has 0 heterocycles. The van der Waals surface area contributed by atoms with Crippen molar-refractivity contribution in [3.8, 4) is 5.75 Å². The number of aliphatic carboxylic acids is 1. The molecule has 0 aliphatic rings. The summed E-state index contributed by atoms with van der Waals surface area (Å²) in [7, 11) is 0. The molecule has 0 aliphatic heterocycles. The van der Waals surface area contributed by atoms with E-state index in [2.05, 4.69) is 21.2 Å². The number of carboxylic acid groups (broad SMARTS) is 1. The number of halogens is 1. The second-order valence-electron chi connectivity index (χ2n) is 2.73. The first-order valence-electron chi connectivity index (χ1n) is 4.04. The zero-order valence-corrected chi connectivity index (χ0v) is 8.91. The summed E-state index contributed by atoms with van der Waals surface area (Å²) in [5, 5.41) is 20.6. The van der Waals surface area contributed by atoms with Crippen LogP contribution < -0.4 is 5.32 Å². The van der Waals surface area contributed by atoms with Gasteiger partial charge in [0.1, 0.15) is 5.75 Å². The molecule has 0 unspecified atom stereocenters. The first-order chi connectivity index (χ1) is 6.59. The van der Waals surface area contributed by atoms with Crippen LogP contribution in [0.15, 0.2) is 22.7 Å². The SMILES string of the molecule is O=C(O)CCNc1ccc(Br)cc1O. The molecular weight excluding hydrogens is 250 g/mol. The average Bonchev–Trinajstić information content (AvgIpc) is 2.08. The maximum absolute atomic E-state index is 10.2. The molecule has 0 saturated heterocycles. The molecule has 1 rings (SSSR count). The molecule has 0 aromatic heterocycles. The molecule has 1 aromatic carbocycles. The second-order valence-corrected chi connectivity index (χ2v) is 3.65. The smallest absolute Gasteiger partial charge is 0.305 e. The Bertz CT molecular complexity index is 341. The van der Waals surface area contributed by atoms with Gasteiger partial charge in [-0.05, 0) is 18.2 Å². The molecule has 5 heteroatoms. The number of rotatable bonds is 4. The van der Waals surface area contributed by atoms with Crippen LogP contribution in [0.4, 0.5) is 5.69 Å². The van der Waals surface area contributed by atoms with Crippen LogP contribution in [0.2, 0.25) is 0 Å². The van der Waals surface area contributed by atoms with E-state index < -0.39 is 5.97 Å². The Labute approximate surface area is 89.7 Å². The molecule has 0 aliphatic carbocycles. The Balaban J connectivity index is 2.55. The Morgan fingerprint density at radius 3 is 2.79 bits per heavy atom. The first kappa shape index (κ1) is 10.8. The zero-order valence-electron chi connectivity index (χ0n) is 7.33. The summed E-state index contributed by atoms with van der Waals surface area (Å²) in [5.41, 5.74) is 0.537. The third-order valence-electron chi connectivity index (χ3n) is 1.61. The molecule has 3 N–H and O–H groups in total. The molecule has 14 heavy (non-hydrogen) atoms. The lowest BCUT2D eigenvalue weighted by Gasteiger charge is -2.06. The topological polar surface area (TPSA) is 69.6 Å². The third-order valence-corrected chi connectivity index (χ3v) is 2.11. The van der Waals surface area contributed by atoms with E-state index in [1.165, 1.54) is 0 Å². The number of hydrogen-bond acceptors (Lipinski definition) is 3. The Morgan fingerprint density at radius 1 is 1.50 bits per heavy atom.